The van der Waals surface area contributed by atoms with Crippen LogP contribution in [0.4, 0.5) is 15.9 Å². The van der Waals surface area contributed by atoms with Crippen molar-refractivity contribution in [1.29, 1.82) is 0 Å². The number of fused-ring (bicyclic) bond motifs is 2. The van der Waals surface area contributed by atoms with Gasteiger partial charge in [0.2, 0.25) is 0 Å². The van der Waals surface area contributed by atoms with Gasteiger partial charge in [-0.3, -0.25) is 5.32 Å². The smallest absolute Gasteiger partial charge is 0.321 e. The van der Waals surface area contributed by atoms with E-state index in [1.165, 1.54) is 11.3 Å². The van der Waals surface area contributed by atoms with Crippen molar-refractivity contribution in [1.82, 2.24) is 15.3 Å². The molecule has 0 radical (unpaired) electrons. The molecule has 0 bridgehead atoms. The van der Waals surface area contributed by atoms with E-state index in [0.29, 0.717) is 23.3 Å². The number of hydrogen-bond acceptors (Lipinski definition) is 8. The minimum Gasteiger partial charge on any atom is -0.497 e. The molecule has 0 fully saturated rings. The Balaban J connectivity index is 1.47. The number of carbonyl (C=O) groups excluding carboxylic acids is 1. The lowest BCUT2D eigenvalue weighted by Gasteiger charge is -2.23. The summed E-state index contributed by atoms with van der Waals surface area (Å²) >= 11 is 1.43. The number of anilines is 2. The Morgan fingerprint density at radius 3 is 3.11 bits per heavy atom. The number of aliphatic hydroxyl groups is 1. The molecule has 0 spiro atoms. The summed E-state index contributed by atoms with van der Waals surface area (Å²) in [5.74, 6) is 0.736. The van der Waals surface area contributed by atoms with Crippen molar-refractivity contribution in [3.05, 3.63) is 28.8 Å². The Labute approximate surface area is 165 Å². The van der Waals surface area contributed by atoms with E-state index >= 15 is 0 Å². The molecule has 1 aliphatic rings. The van der Waals surface area contributed by atoms with Crippen LogP contribution in [-0.2, 0) is 13.0 Å². The quantitative estimate of drug-likeness (QED) is 0.599. The van der Waals surface area contributed by atoms with Gasteiger partial charge < -0.3 is 24.5 Å². The highest BCUT2D eigenvalue weighted by Gasteiger charge is 2.24. The van der Waals surface area contributed by atoms with Gasteiger partial charge in [0.25, 0.3) is 6.01 Å². The molecule has 28 heavy (non-hydrogen) atoms. The number of urea groups is 1. The summed E-state index contributed by atoms with van der Waals surface area (Å²) in [7, 11) is 1.62. The first-order valence-corrected chi connectivity index (χ1v) is 9.74. The lowest BCUT2D eigenvalue weighted by atomic mass is 10.2. The standard InChI is InChI=1S/C18H21N5O4S/c1-10(9-24)19-16(25)22-17-20-12-5-6-23(8-15(12)28-17)18-21-13-7-11(26-2)3-4-14(13)27-18/h3-4,7,10,24H,5-6,8-9H2,1-2H3,(H2,19,20,22,25)/t10-/m1/s1. The minimum atomic E-state index is -0.377. The second-order valence-corrected chi connectivity index (χ2v) is 7.66. The highest BCUT2D eigenvalue weighted by molar-refractivity contribution is 7.15. The van der Waals surface area contributed by atoms with Crippen molar-refractivity contribution < 1.29 is 19.1 Å². The summed E-state index contributed by atoms with van der Waals surface area (Å²) in [6.45, 7) is 2.95. The molecule has 1 aliphatic heterocycles. The first kappa shape index (κ1) is 18.5. The van der Waals surface area contributed by atoms with Crippen molar-refractivity contribution in [3.8, 4) is 5.75 Å². The lowest BCUT2D eigenvalue weighted by Crippen LogP contribution is -2.38. The number of amides is 2. The van der Waals surface area contributed by atoms with Gasteiger partial charge in [0, 0.05) is 23.9 Å². The number of aromatic nitrogens is 2. The predicted octanol–water partition coefficient (Wildman–Crippen LogP) is 2.36. The first-order chi connectivity index (χ1) is 13.6. The predicted molar refractivity (Wildman–Crippen MR) is 106 cm³/mol. The number of ether oxygens (including phenoxy) is 1. The van der Waals surface area contributed by atoms with Gasteiger partial charge in [0.1, 0.15) is 11.3 Å². The van der Waals surface area contributed by atoms with Gasteiger partial charge in [0.15, 0.2) is 10.7 Å². The average Bonchev–Trinajstić information content (AvgIpc) is 3.29. The number of hydrogen-bond donors (Lipinski definition) is 3. The molecular weight excluding hydrogens is 382 g/mol. The van der Waals surface area contributed by atoms with Crippen molar-refractivity contribution in [2.45, 2.75) is 25.9 Å². The number of nitrogens with zero attached hydrogens (tertiary/aromatic N) is 3. The first-order valence-electron chi connectivity index (χ1n) is 8.92. The zero-order valence-corrected chi connectivity index (χ0v) is 16.4. The molecule has 1 aromatic carbocycles. The zero-order valence-electron chi connectivity index (χ0n) is 15.6. The van der Waals surface area contributed by atoms with Crippen LogP contribution in [0.15, 0.2) is 22.6 Å². The Bertz CT molecular complexity index is 1000. The van der Waals surface area contributed by atoms with Crippen molar-refractivity contribution in [2.24, 2.45) is 0 Å². The van der Waals surface area contributed by atoms with Crippen molar-refractivity contribution in [2.75, 3.05) is 30.5 Å². The number of oxazole rings is 1. The molecule has 1 atom stereocenters. The van der Waals surface area contributed by atoms with Crippen LogP contribution in [0.1, 0.15) is 17.5 Å². The number of rotatable bonds is 5. The highest BCUT2D eigenvalue weighted by atomic mass is 32.1. The monoisotopic (exact) mass is 403 g/mol. The van der Waals surface area contributed by atoms with E-state index in [9.17, 15) is 4.79 Å². The van der Waals surface area contributed by atoms with Crippen LogP contribution in [0.5, 0.6) is 5.75 Å². The summed E-state index contributed by atoms with van der Waals surface area (Å²) < 4.78 is 11.1. The van der Waals surface area contributed by atoms with Gasteiger partial charge in [-0.2, -0.15) is 4.98 Å². The number of methoxy groups -OCH3 is 1. The minimum absolute atomic E-state index is 0.118. The molecule has 4 rings (SSSR count). The molecule has 0 aliphatic carbocycles. The van der Waals surface area contributed by atoms with Gasteiger partial charge >= 0.3 is 6.03 Å². The van der Waals surface area contributed by atoms with Crippen molar-refractivity contribution >= 4 is 39.6 Å². The molecule has 2 amide bonds. The van der Waals surface area contributed by atoms with E-state index in [4.69, 9.17) is 14.3 Å². The van der Waals surface area contributed by atoms with Crippen LogP contribution < -0.4 is 20.3 Å². The maximum absolute atomic E-state index is 11.9. The van der Waals surface area contributed by atoms with Gasteiger partial charge in [0.05, 0.1) is 32.0 Å². The van der Waals surface area contributed by atoms with Crippen LogP contribution in [-0.4, -0.2) is 47.4 Å². The summed E-state index contributed by atoms with van der Waals surface area (Å²) in [5, 5.41) is 14.9. The third-order valence-corrected chi connectivity index (χ3v) is 5.45. The van der Waals surface area contributed by atoms with Gasteiger partial charge in [-0.25, -0.2) is 9.78 Å². The van der Waals surface area contributed by atoms with Crippen molar-refractivity contribution in [3.63, 3.8) is 0 Å². The summed E-state index contributed by atoms with van der Waals surface area (Å²) in [6, 6.07) is 5.40. The van der Waals surface area contributed by atoms with Gasteiger partial charge in [-0.05, 0) is 19.1 Å². The van der Waals surface area contributed by atoms with E-state index in [1.807, 2.05) is 18.2 Å². The van der Waals surface area contributed by atoms with E-state index < -0.39 is 0 Å². The van der Waals surface area contributed by atoms with E-state index in [0.717, 1.165) is 34.8 Å². The fourth-order valence-corrected chi connectivity index (χ4v) is 3.99. The third-order valence-electron chi connectivity index (χ3n) is 4.46. The molecule has 3 heterocycles. The fourth-order valence-electron chi connectivity index (χ4n) is 2.97. The maximum atomic E-state index is 11.9. The Morgan fingerprint density at radius 2 is 2.32 bits per heavy atom. The SMILES string of the molecule is COc1ccc2oc(N3CCc4nc(NC(=O)N[C@H](C)CO)sc4C3)nc2c1. The number of nitrogens with one attached hydrogen (secondary N) is 2. The highest BCUT2D eigenvalue weighted by Crippen LogP contribution is 2.32. The van der Waals surface area contributed by atoms with Gasteiger partial charge in [-0.15, -0.1) is 0 Å². The van der Waals surface area contributed by atoms with Crippen LogP contribution in [0.3, 0.4) is 0 Å². The topological polar surface area (TPSA) is 113 Å². The molecule has 3 aromatic rings. The summed E-state index contributed by atoms with van der Waals surface area (Å²) in [4.78, 5) is 24.1. The van der Waals surface area contributed by atoms with Crippen LogP contribution in [0.25, 0.3) is 11.1 Å². The molecule has 2 aromatic heterocycles. The molecule has 10 heteroatoms. The molecule has 0 unspecified atom stereocenters. The molecule has 3 N–H and O–H groups in total. The van der Waals surface area contributed by atoms with Crippen LogP contribution >= 0.6 is 11.3 Å². The molecule has 148 valence electrons. The second-order valence-electron chi connectivity index (χ2n) is 6.57. The van der Waals surface area contributed by atoms with E-state index in [2.05, 4.69) is 25.5 Å². The summed E-state index contributed by atoms with van der Waals surface area (Å²) in [6.07, 6.45) is 0.740. The Kier molecular flexibility index (Phi) is 5.05. The fraction of sp³-hybridized carbons (Fsp3) is 0.389. The van der Waals surface area contributed by atoms with Crippen LogP contribution in [0, 0.1) is 0 Å². The molecule has 9 nitrogen and oxygen atoms in total. The number of benzene rings is 1. The lowest BCUT2D eigenvalue weighted by molar-refractivity contribution is 0.229. The third kappa shape index (κ3) is 3.73. The van der Waals surface area contributed by atoms with E-state index in [1.54, 1.807) is 14.0 Å². The average molecular weight is 403 g/mol. The second kappa shape index (κ2) is 7.64. The maximum Gasteiger partial charge on any atom is 0.321 e. The molecule has 0 saturated heterocycles. The Morgan fingerprint density at radius 1 is 1.46 bits per heavy atom. The molecular formula is C18H21N5O4S. The number of aliphatic hydroxyl groups excluding tert-OH is 1. The Hall–Kier alpha value is -2.85. The number of carbonyl (C=O) groups is 1. The van der Waals surface area contributed by atoms with Gasteiger partial charge in [-0.1, -0.05) is 11.3 Å². The van der Waals surface area contributed by atoms with E-state index in [-0.39, 0.29) is 18.7 Å². The largest absolute Gasteiger partial charge is 0.497 e. The zero-order chi connectivity index (χ0) is 19.7. The van der Waals surface area contributed by atoms with Crippen LogP contribution in [0.2, 0.25) is 0 Å². The molecule has 0 saturated carbocycles. The normalized spacial score (nSPS) is 14.6. The summed E-state index contributed by atoms with van der Waals surface area (Å²) in [5.41, 5.74) is 2.44. The number of thiazole rings is 1.